The van der Waals surface area contributed by atoms with E-state index >= 15 is 0 Å². The van der Waals surface area contributed by atoms with Gasteiger partial charge in [-0.05, 0) is 29.8 Å². The van der Waals surface area contributed by atoms with Crippen LogP contribution in [-0.4, -0.2) is 32.8 Å². The first-order valence-corrected chi connectivity index (χ1v) is 8.76. The van der Waals surface area contributed by atoms with Crippen LogP contribution in [0.1, 0.15) is 11.4 Å². The van der Waals surface area contributed by atoms with Crippen LogP contribution in [-0.2, 0) is 17.8 Å². The molecule has 1 saturated heterocycles. The van der Waals surface area contributed by atoms with Crippen molar-refractivity contribution < 1.29 is 9.59 Å². The smallest absolute Gasteiger partial charge is 0.325 e. The van der Waals surface area contributed by atoms with Gasteiger partial charge in [-0.2, -0.15) is 0 Å². The van der Waals surface area contributed by atoms with E-state index in [0.29, 0.717) is 22.3 Å². The molecule has 0 spiro atoms. The normalized spacial score (nSPS) is 17.2. The number of H-pyrrole nitrogens is 1. The molecule has 1 aliphatic rings. The van der Waals surface area contributed by atoms with Crippen molar-refractivity contribution in [3.8, 4) is 0 Å². The number of aromatic amines is 1. The third-order valence-corrected chi connectivity index (χ3v) is 4.88. The summed E-state index contributed by atoms with van der Waals surface area (Å²) in [6, 6.07) is 11.5. The molecule has 2 aromatic carbocycles. The van der Waals surface area contributed by atoms with Crippen LogP contribution in [0.4, 0.5) is 4.79 Å². The van der Waals surface area contributed by atoms with Gasteiger partial charge in [0, 0.05) is 16.5 Å². The lowest BCUT2D eigenvalue weighted by Crippen LogP contribution is -2.32. The number of para-hydroxylation sites is 2. The van der Waals surface area contributed by atoms with Gasteiger partial charge in [-0.1, -0.05) is 41.4 Å². The highest BCUT2D eigenvalue weighted by molar-refractivity contribution is 6.35. The van der Waals surface area contributed by atoms with Gasteiger partial charge in [0.05, 0.1) is 17.6 Å². The quantitative estimate of drug-likeness (QED) is 0.671. The Morgan fingerprint density at radius 2 is 1.92 bits per heavy atom. The van der Waals surface area contributed by atoms with E-state index in [1.165, 1.54) is 0 Å². The number of carbonyl (C=O) groups excluding carboxylic acids is 2. The molecule has 0 radical (unpaired) electrons. The Bertz CT molecular complexity index is 984. The number of aromatic nitrogens is 2. The first-order chi connectivity index (χ1) is 12.5. The van der Waals surface area contributed by atoms with Crippen molar-refractivity contribution in [2.24, 2.45) is 0 Å². The molecule has 132 valence electrons. The first-order valence-electron chi connectivity index (χ1n) is 8.00. The van der Waals surface area contributed by atoms with Crippen molar-refractivity contribution in [3.63, 3.8) is 0 Å². The van der Waals surface area contributed by atoms with Crippen molar-refractivity contribution in [3.05, 3.63) is 63.9 Å². The summed E-state index contributed by atoms with van der Waals surface area (Å²) < 4.78 is 0. The third-order valence-electron chi connectivity index (χ3n) is 4.29. The van der Waals surface area contributed by atoms with Crippen molar-refractivity contribution in [1.82, 2.24) is 20.2 Å². The predicted octanol–water partition coefficient (Wildman–Crippen LogP) is 3.53. The van der Waals surface area contributed by atoms with Crippen molar-refractivity contribution in [1.29, 1.82) is 0 Å². The summed E-state index contributed by atoms with van der Waals surface area (Å²) in [6.07, 6.45) is 0.303. The summed E-state index contributed by atoms with van der Waals surface area (Å²) >= 11 is 12.1. The second kappa shape index (κ2) is 6.63. The minimum Gasteiger partial charge on any atom is -0.340 e. The second-order valence-corrected chi connectivity index (χ2v) is 6.91. The zero-order chi connectivity index (χ0) is 18.3. The number of imidazole rings is 1. The zero-order valence-electron chi connectivity index (χ0n) is 13.5. The Balaban J connectivity index is 1.51. The Labute approximate surface area is 159 Å². The predicted molar refractivity (Wildman–Crippen MR) is 99.1 cm³/mol. The molecule has 0 bridgehead atoms. The second-order valence-electron chi connectivity index (χ2n) is 6.07. The number of nitrogens with zero attached hydrogens (tertiary/aromatic N) is 2. The maximum Gasteiger partial charge on any atom is 0.325 e. The molecule has 1 aromatic heterocycles. The van der Waals surface area contributed by atoms with Gasteiger partial charge >= 0.3 is 6.03 Å². The van der Waals surface area contributed by atoms with E-state index in [1.54, 1.807) is 18.2 Å². The average Bonchev–Trinajstić information content (AvgIpc) is 3.13. The van der Waals surface area contributed by atoms with E-state index in [2.05, 4.69) is 15.3 Å². The van der Waals surface area contributed by atoms with Gasteiger partial charge < -0.3 is 10.3 Å². The Kier molecular flexibility index (Phi) is 4.30. The van der Waals surface area contributed by atoms with Gasteiger partial charge in [-0.25, -0.2) is 9.78 Å². The number of rotatable bonds is 4. The number of nitrogens with one attached hydrogen (secondary N) is 2. The minimum atomic E-state index is -0.662. The maximum atomic E-state index is 12.6. The van der Waals surface area contributed by atoms with Crippen LogP contribution in [0.3, 0.4) is 0 Å². The maximum absolute atomic E-state index is 12.6. The lowest BCUT2D eigenvalue weighted by molar-refractivity contribution is -0.127. The Morgan fingerprint density at radius 1 is 1.12 bits per heavy atom. The Morgan fingerprint density at radius 3 is 2.69 bits per heavy atom. The number of carbonyl (C=O) groups is 2. The van der Waals surface area contributed by atoms with Gasteiger partial charge in [0.25, 0.3) is 5.91 Å². The van der Waals surface area contributed by atoms with Crippen LogP contribution in [0.15, 0.2) is 42.5 Å². The molecule has 1 fully saturated rings. The molecule has 3 aromatic rings. The largest absolute Gasteiger partial charge is 0.340 e. The molecule has 0 saturated carbocycles. The number of fused-ring (bicyclic) bond motifs is 1. The van der Waals surface area contributed by atoms with E-state index in [4.69, 9.17) is 23.2 Å². The number of halogens is 2. The van der Waals surface area contributed by atoms with Crippen LogP contribution < -0.4 is 5.32 Å². The highest BCUT2D eigenvalue weighted by Gasteiger charge is 2.38. The molecule has 1 atom stereocenters. The van der Waals surface area contributed by atoms with Crippen molar-refractivity contribution >= 4 is 46.2 Å². The number of imide groups is 1. The lowest BCUT2D eigenvalue weighted by atomic mass is 10.1. The fraction of sp³-hybridized carbons (Fsp3) is 0.167. The van der Waals surface area contributed by atoms with E-state index in [1.807, 2.05) is 24.3 Å². The summed E-state index contributed by atoms with van der Waals surface area (Å²) in [5.74, 6) is 0.251. The molecule has 6 nitrogen and oxygen atoms in total. The topological polar surface area (TPSA) is 78.1 Å². The summed E-state index contributed by atoms with van der Waals surface area (Å²) in [5.41, 5.74) is 2.40. The summed E-state index contributed by atoms with van der Waals surface area (Å²) in [4.78, 5) is 33.6. The van der Waals surface area contributed by atoms with Gasteiger partial charge in [0.15, 0.2) is 0 Å². The number of urea groups is 1. The summed E-state index contributed by atoms with van der Waals surface area (Å²) in [5, 5.41) is 3.69. The molecular formula is C18H14Cl2N4O2. The van der Waals surface area contributed by atoms with Gasteiger partial charge in [-0.3, -0.25) is 9.69 Å². The van der Waals surface area contributed by atoms with Crippen molar-refractivity contribution in [2.45, 2.75) is 19.0 Å². The number of hydrogen-bond donors (Lipinski definition) is 2. The van der Waals surface area contributed by atoms with Crippen LogP contribution in [0, 0.1) is 0 Å². The molecule has 0 unspecified atom stereocenters. The molecule has 4 rings (SSSR count). The molecule has 26 heavy (non-hydrogen) atoms. The highest BCUT2D eigenvalue weighted by atomic mass is 35.5. The van der Waals surface area contributed by atoms with E-state index < -0.39 is 12.1 Å². The lowest BCUT2D eigenvalue weighted by Gasteiger charge is -2.12. The first kappa shape index (κ1) is 16.9. The van der Waals surface area contributed by atoms with Gasteiger partial charge in [0.1, 0.15) is 11.9 Å². The monoisotopic (exact) mass is 388 g/mol. The standard InChI is InChI=1S/C18H14Cl2N4O2/c19-11-6-5-10(12(20)8-11)7-15-17(25)24(18(26)23-15)9-16-21-13-3-1-2-4-14(13)22-16/h1-6,8,15H,7,9H2,(H,21,22)(H,23,26)/t15-/m0/s1. The fourth-order valence-electron chi connectivity index (χ4n) is 3.00. The zero-order valence-corrected chi connectivity index (χ0v) is 15.0. The van der Waals surface area contributed by atoms with Gasteiger partial charge in [-0.15, -0.1) is 0 Å². The summed E-state index contributed by atoms with van der Waals surface area (Å²) in [7, 11) is 0. The number of hydrogen-bond acceptors (Lipinski definition) is 3. The third kappa shape index (κ3) is 3.13. The molecular weight excluding hydrogens is 375 g/mol. The molecule has 3 amide bonds. The highest BCUT2D eigenvalue weighted by Crippen LogP contribution is 2.24. The van der Waals surface area contributed by atoms with Crippen LogP contribution >= 0.6 is 23.2 Å². The molecule has 2 N–H and O–H groups in total. The van der Waals surface area contributed by atoms with Crippen molar-refractivity contribution in [2.75, 3.05) is 0 Å². The number of benzene rings is 2. The van der Waals surface area contributed by atoms with E-state index in [9.17, 15) is 9.59 Å². The minimum absolute atomic E-state index is 0.0875. The SMILES string of the molecule is O=C1N[C@@H](Cc2ccc(Cl)cc2Cl)C(=O)N1Cc1nc2ccccc2[nH]1. The Hall–Kier alpha value is -2.57. The number of amides is 3. The van der Waals surface area contributed by atoms with E-state index in [-0.39, 0.29) is 12.5 Å². The van der Waals surface area contributed by atoms with Crippen LogP contribution in [0.25, 0.3) is 11.0 Å². The average molecular weight is 389 g/mol. The van der Waals surface area contributed by atoms with E-state index in [0.717, 1.165) is 21.5 Å². The van der Waals surface area contributed by atoms with Crippen LogP contribution in [0.5, 0.6) is 0 Å². The molecule has 1 aliphatic heterocycles. The van der Waals surface area contributed by atoms with Crippen LogP contribution in [0.2, 0.25) is 10.0 Å². The molecule has 2 heterocycles. The summed E-state index contributed by atoms with van der Waals surface area (Å²) in [6.45, 7) is 0.0875. The molecule has 8 heteroatoms. The van der Waals surface area contributed by atoms with Gasteiger partial charge in [0.2, 0.25) is 0 Å². The molecule has 0 aliphatic carbocycles. The fourth-order valence-corrected chi connectivity index (χ4v) is 3.49.